The Morgan fingerprint density at radius 2 is 2.00 bits per heavy atom. The average molecular weight is 267 g/mol. The van der Waals surface area contributed by atoms with Crippen LogP contribution in [0, 0.1) is 5.92 Å². The molecular weight excluding hydrogens is 238 g/mol. The van der Waals surface area contributed by atoms with Crippen molar-refractivity contribution in [1.82, 2.24) is 15.1 Å². The molecule has 0 saturated carbocycles. The van der Waals surface area contributed by atoms with Crippen LogP contribution in [0.2, 0.25) is 0 Å². The van der Waals surface area contributed by atoms with Crippen molar-refractivity contribution in [3.63, 3.8) is 0 Å². The first kappa shape index (κ1) is 14.8. The van der Waals surface area contributed by atoms with Gasteiger partial charge in [-0.1, -0.05) is 0 Å². The zero-order valence-corrected chi connectivity index (χ0v) is 12.7. The van der Waals surface area contributed by atoms with E-state index in [0.717, 1.165) is 45.4 Å². The number of piperidine rings is 1. The summed E-state index contributed by atoms with van der Waals surface area (Å²) in [5, 5.41) is 3.24. The van der Waals surface area contributed by atoms with E-state index in [1.54, 1.807) is 0 Å². The highest BCUT2D eigenvalue weighted by molar-refractivity contribution is 5.77. The van der Waals surface area contributed by atoms with Crippen molar-refractivity contribution in [3.8, 4) is 0 Å². The van der Waals surface area contributed by atoms with E-state index in [0.29, 0.717) is 11.8 Å². The third-order valence-electron chi connectivity index (χ3n) is 4.91. The fourth-order valence-corrected chi connectivity index (χ4v) is 3.64. The Balaban J connectivity index is 1.88. The van der Waals surface area contributed by atoms with Crippen molar-refractivity contribution < 1.29 is 4.79 Å². The van der Waals surface area contributed by atoms with E-state index in [9.17, 15) is 4.79 Å². The molecule has 0 radical (unpaired) electrons. The minimum atomic E-state index is 0.0390. The molecule has 4 heteroatoms. The van der Waals surface area contributed by atoms with Crippen LogP contribution in [0.5, 0.6) is 0 Å². The van der Waals surface area contributed by atoms with Crippen LogP contribution in [0.15, 0.2) is 0 Å². The summed E-state index contributed by atoms with van der Waals surface area (Å²) in [6, 6.07) is 0. The van der Waals surface area contributed by atoms with Crippen molar-refractivity contribution >= 4 is 5.91 Å². The zero-order valence-electron chi connectivity index (χ0n) is 12.7. The van der Waals surface area contributed by atoms with Gasteiger partial charge in [0.05, 0.1) is 5.54 Å². The first-order valence-electron chi connectivity index (χ1n) is 7.69. The van der Waals surface area contributed by atoms with Gasteiger partial charge in [0, 0.05) is 19.5 Å². The highest BCUT2D eigenvalue weighted by Gasteiger charge is 2.39. The van der Waals surface area contributed by atoms with Crippen molar-refractivity contribution in [2.45, 2.75) is 44.6 Å². The van der Waals surface area contributed by atoms with Gasteiger partial charge in [0.1, 0.15) is 0 Å². The maximum atomic E-state index is 12.6. The molecule has 2 fully saturated rings. The Hall–Kier alpha value is -0.610. The van der Waals surface area contributed by atoms with E-state index in [2.05, 4.69) is 29.1 Å². The Morgan fingerprint density at radius 1 is 1.32 bits per heavy atom. The predicted molar refractivity (Wildman–Crippen MR) is 78.1 cm³/mol. The second-order valence-corrected chi connectivity index (χ2v) is 6.63. The number of rotatable bonds is 4. The lowest BCUT2D eigenvalue weighted by Crippen LogP contribution is -2.51. The van der Waals surface area contributed by atoms with Gasteiger partial charge in [0.25, 0.3) is 0 Å². The fraction of sp³-hybridized carbons (Fsp3) is 0.933. The van der Waals surface area contributed by atoms with Crippen LogP contribution in [-0.2, 0) is 4.79 Å². The highest BCUT2D eigenvalue weighted by Crippen LogP contribution is 2.30. The Labute approximate surface area is 117 Å². The summed E-state index contributed by atoms with van der Waals surface area (Å²) in [5.41, 5.74) is 0.0390. The van der Waals surface area contributed by atoms with E-state index < -0.39 is 0 Å². The number of likely N-dealkylation sites (tertiary alicyclic amines) is 2. The van der Waals surface area contributed by atoms with Gasteiger partial charge in [0.2, 0.25) is 5.91 Å². The van der Waals surface area contributed by atoms with Gasteiger partial charge in [-0.05, 0) is 65.7 Å². The summed E-state index contributed by atoms with van der Waals surface area (Å²) in [6.07, 6.45) is 5.40. The molecule has 0 aliphatic carbocycles. The van der Waals surface area contributed by atoms with Gasteiger partial charge >= 0.3 is 0 Å². The van der Waals surface area contributed by atoms with Crippen molar-refractivity contribution in [3.05, 3.63) is 0 Å². The molecule has 1 N–H and O–H groups in total. The van der Waals surface area contributed by atoms with Crippen LogP contribution in [-0.4, -0.2) is 61.5 Å². The molecule has 1 unspecified atom stereocenters. The molecule has 0 bridgehead atoms. The second kappa shape index (κ2) is 6.23. The lowest BCUT2D eigenvalue weighted by atomic mass is 9.92. The van der Waals surface area contributed by atoms with Crippen LogP contribution < -0.4 is 5.32 Å². The van der Waals surface area contributed by atoms with Gasteiger partial charge in [-0.15, -0.1) is 0 Å². The average Bonchev–Trinajstić information content (AvgIpc) is 2.74. The topological polar surface area (TPSA) is 35.6 Å². The molecule has 2 saturated heterocycles. The Kier molecular flexibility index (Phi) is 4.85. The Morgan fingerprint density at radius 3 is 2.63 bits per heavy atom. The highest BCUT2D eigenvalue weighted by atomic mass is 16.2. The van der Waals surface area contributed by atoms with E-state index in [1.165, 1.54) is 12.8 Å². The van der Waals surface area contributed by atoms with Gasteiger partial charge < -0.3 is 15.1 Å². The number of likely N-dealkylation sites (N-methyl/N-ethyl adjacent to an activating group) is 1. The van der Waals surface area contributed by atoms with Crippen molar-refractivity contribution in [2.24, 2.45) is 5.92 Å². The van der Waals surface area contributed by atoms with E-state index in [4.69, 9.17) is 0 Å². The van der Waals surface area contributed by atoms with Gasteiger partial charge in [-0.25, -0.2) is 0 Å². The number of carbonyl (C=O) groups is 1. The molecule has 4 nitrogen and oxygen atoms in total. The fourth-order valence-electron chi connectivity index (χ4n) is 3.64. The minimum absolute atomic E-state index is 0.0390. The van der Waals surface area contributed by atoms with Crippen LogP contribution in [0.25, 0.3) is 0 Å². The van der Waals surface area contributed by atoms with E-state index >= 15 is 0 Å². The smallest absolute Gasteiger partial charge is 0.223 e. The first-order valence-corrected chi connectivity index (χ1v) is 7.69. The molecule has 19 heavy (non-hydrogen) atoms. The number of hydrogen-bond donors (Lipinski definition) is 1. The summed E-state index contributed by atoms with van der Waals surface area (Å²) in [7, 11) is 4.14. The molecule has 2 aliphatic rings. The predicted octanol–water partition coefficient (Wildman–Crippen LogP) is 1.32. The molecule has 2 aliphatic heterocycles. The molecular formula is C15H29N3O. The summed E-state index contributed by atoms with van der Waals surface area (Å²) >= 11 is 0. The largest absolute Gasteiger partial charge is 0.336 e. The van der Waals surface area contributed by atoms with Crippen LogP contribution in [0.3, 0.4) is 0 Å². The molecule has 0 aromatic carbocycles. The van der Waals surface area contributed by atoms with E-state index in [1.807, 2.05) is 7.05 Å². The molecule has 1 amide bonds. The SMILES string of the molecule is CNCC1(C)CCCN1C(=O)CC1CCN(C)CC1. The molecule has 0 spiro atoms. The summed E-state index contributed by atoms with van der Waals surface area (Å²) in [6.45, 7) is 6.37. The zero-order chi connectivity index (χ0) is 13.9. The van der Waals surface area contributed by atoms with E-state index in [-0.39, 0.29) is 5.54 Å². The van der Waals surface area contributed by atoms with Crippen LogP contribution >= 0.6 is 0 Å². The monoisotopic (exact) mass is 267 g/mol. The maximum Gasteiger partial charge on any atom is 0.223 e. The lowest BCUT2D eigenvalue weighted by Gasteiger charge is -2.37. The third kappa shape index (κ3) is 3.48. The summed E-state index contributed by atoms with van der Waals surface area (Å²) in [5.74, 6) is 0.980. The molecule has 2 rings (SSSR count). The Bertz CT molecular complexity index is 313. The van der Waals surface area contributed by atoms with Crippen molar-refractivity contribution in [1.29, 1.82) is 0 Å². The second-order valence-electron chi connectivity index (χ2n) is 6.63. The number of nitrogens with one attached hydrogen (secondary N) is 1. The van der Waals surface area contributed by atoms with Gasteiger partial charge in [-0.3, -0.25) is 4.79 Å². The minimum Gasteiger partial charge on any atom is -0.336 e. The lowest BCUT2D eigenvalue weighted by molar-refractivity contribution is -0.136. The number of nitrogens with zero attached hydrogens (tertiary/aromatic N) is 2. The summed E-state index contributed by atoms with van der Waals surface area (Å²) < 4.78 is 0. The molecule has 110 valence electrons. The molecule has 2 heterocycles. The van der Waals surface area contributed by atoms with Crippen LogP contribution in [0.1, 0.15) is 39.0 Å². The quantitative estimate of drug-likeness (QED) is 0.834. The van der Waals surface area contributed by atoms with Crippen LogP contribution in [0.4, 0.5) is 0 Å². The molecule has 0 aromatic heterocycles. The van der Waals surface area contributed by atoms with Gasteiger partial charge in [0.15, 0.2) is 0 Å². The summed E-state index contributed by atoms with van der Waals surface area (Å²) in [4.78, 5) is 17.1. The normalized spacial score (nSPS) is 29.9. The van der Waals surface area contributed by atoms with Gasteiger partial charge in [-0.2, -0.15) is 0 Å². The number of carbonyl (C=O) groups excluding carboxylic acids is 1. The standard InChI is InChI=1S/C15H29N3O/c1-15(12-16-2)7-4-8-18(15)14(19)11-13-5-9-17(3)10-6-13/h13,16H,4-12H2,1-3H3. The first-order chi connectivity index (χ1) is 9.05. The van der Waals surface area contributed by atoms with Crippen molar-refractivity contribution in [2.75, 3.05) is 40.3 Å². The number of amides is 1. The molecule has 1 atom stereocenters. The maximum absolute atomic E-state index is 12.6. The molecule has 0 aromatic rings. The third-order valence-corrected chi connectivity index (χ3v) is 4.91. The number of hydrogen-bond acceptors (Lipinski definition) is 3.